The summed E-state index contributed by atoms with van der Waals surface area (Å²) in [6.45, 7) is 3.56. The second-order valence-corrected chi connectivity index (χ2v) is 6.19. The molecule has 0 aliphatic heterocycles. The Hall–Kier alpha value is -2.98. The van der Waals surface area contributed by atoms with Gasteiger partial charge in [-0.05, 0) is 5.56 Å². The molecule has 5 heteroatoms. The van der Waals surface area contributed by atoms with E-state index in [-0.39, 0.29) is 6.61 Å². The van der Waals surface area contributed by atoms with Crippen LogP contribution >= 0.6 is 11.6 Å². The quantitative estimate of drug-likeness (QED) is 0.408. The molecule has 0 spiro atoms. The molecule has 0 amide bonds. The van der Waals surface area contributed by atoms with Crippen LogP contribution in [-0.4, -0.2) is 19.7 Å². The van der Waals surface area contributed by atoms with Crippen LogP contribution in [0.15, 0.2) is 73.3 Å². The number of hydrogen-bond donors (Lipinski definition) is 0. The van der Waals surface area contributed by atoms with Gasteiger partial charge in [0.25, 0.3) is 0 Å². The fourth-order valence-corrected chi connectivity index (χ4v) is 3.07. The number of ether oxygens (including phenoxy) is 3. The number of benzene rings is 3. The van der Waals surface area contributed by atoms with Gasteiger partial charge in [0.05, 0.1) is 12.1 Å². The van der Waals surface area contributed by atoms with Crippen LogP contribution in [0, 0.1) is 0 Å². The van der Waals surface area contributed by atoms with Crippen LogP contribution in [0.3, 0.4) is 0 Å². The number of halogens is 1. The summed E-state index contributed by atoms with van der Waals surface area (Å²) in [5.41, 5.74) is 0.821. The molecule has 0 fully saturated rings. The van der Waals surface area contributed by atoms with E-state index in [2.05, 4.69) is 6.58 Å². The first-order valence-corrected chi connectivity index (χ1v) is 8.78. The molecule has 0 bridgehead atoms. The summed E-state index contributed by atoms with van der Waals surface area (Å²) in [6.07, 6.45) is 0.541. The Morgan fingerprint density at radius 1 is 1.11 bits per heavy atom. The number of fused-ring (bicyclic) bond motifs is 1. The molecule has 0 aromatic heterocycles. The van der Waals surface area contributed by atoms with E-state index in [1.165, 1.54) is 0 Å². The Morgan fingerprint density at radius 3 is 2.44 bits per heavy atom. The van der Waals surface area contributed by atoms with Crippen molar-refractivity contribution in [1.82, 2.24) is 0 Å². The molecule has 0 heterocycles. The van der Waals surface area contributed by atoms with Crippen molar-refractivity contribution < 1.29 is 19.0 Å². The molecule has 3 aromatic rings. The van der Waals surface area contributed by atoms with Crippen LogP contribution in [0.5, 0.6) is 11.5 Å². The van der Waals surface area contributed by atoms with Crippen LogP contribution in [0.25, 0.3) is 10.8 Å². The van der Waals surface area contributed by atoms with Crippen molar-refractivity contribution >= 4 is 28.3 Å². The molecule has 138 valence electrons. The number of carbonyl (C=O) groups excluding carboxylic acids is 1. The van der Waals surface area contributed by atoms with Crippen molar-refractivity contribution in [3.8, 4) is 11.5 Å². The molecule has 27 heavy (non-hydrogen) atoms. The summed E-state index contributed by atoms with van der Waals surface area (Å²) in [6, 6.07) is 18.8. The van der Waals surface area contributed by atoms with Crippen molar-refractivity contribution in [3.63, 3.8) is 0 Å². The van der Waals surface area contributed by atoms with Crippen LogP contribution in [0.4, 0.5) is 0 Å². The second kappa shape index (κ2) is 8.60. The van der Waals surface area contributed by atoms with Crippen LogP contribution in [0.1, 0.15) is 11.7 Å². The number of carbonyl (C=O) groups is 1. The second-order valence-electron chi connectivity index (χ2n) is 5.79. The number of rotatable bonds is 7. The van der Waals surface area contributed by atoms with Crippen molar-refractivity contribution in [3.05, 3.63) is 83.9 Å². The molecule has 0 saturated carbocycles. The van der Waals surface area contributed by atoms with Crippen molar-refractivity contribution in [2.24, 2.45) is 0 Å². The first-order valence-electron chi connectivity index (χ1n) is 8.40. The molecule has 0 aliphatic rings. The lowest BCUT2D eigenvalue weighted by Crippen LogP contribution is -2.17. The van der Waals surface area contributed by atoms with Gasteiger partial charge in [-0.25, -0.2) is 4.79 Å². The fourth-order valence-electron chi connectivity index (χ4n) is 2.81. The number of methoxy groups -OCH3 is 1. The first-order chi connectivity index (χ1) is 13.1. The highest BCUT2D eigenvalue weighted by molar-refractivity contribution is 6.33. The maximum Gasteiger partial charge on any atom is 0.330 e. The normalized spacial score (nSPS) is 11.6. The van der Waals surface area contributed by atoms with Gasteiger partial charge in [0, 0.05) is 22.9 Å². The van der Waals surface area contributed by atoms with E-state index in [1.807, 2.05) is 54.6 Å². The minimum Gasteiger partial charge on any atom is -0.496 e. The molecule has 1 atom stereocenters. The van der Waals surface area contributed by atoms with E-state index >= 15 is 0 Å². The molecule has 4 nitrogen and oxygen atoms in total. The van der Waals surface area contributed by atoms with E-state index in [0.717, 1.165) is 22.4 Å². The minimum absolute atomic E-state index is 0.111. The van der Waals surface area contributed by atoms with Gasteiger partial charge >= 0.3 is 5.97 Å². The van der Waals surface area contributed by atoms with E-state index < -0.39 is 12.1 Å². The van der Waals surface area contributed by atoms with E-state index in [0.29, 0.717) is 16.5 Å². The zero-order chi connectivity index (χ0) is 19.2. The van der Waals surface area contributed by atoms with E-state index in [9.17, 15) is 4.79 Å². The molecule has 3 aromatic carbocycles. The lowest BCUT2D eigenvalue weighted by molar-refractivity contribution is -0.144. The number of esters is 1. The highest BCUT2D eigenvalue weighted by Gasteiger charge is 2.19. The fraction of sp³-hybridized carbons (Fsp3) is 0.136. The Morgan fingerprint density at radius 2 is 1.78 bits per heavy atom. The first kappa shape index (κ1) is 18.8. The summed E-state index contributed by atoms with van der Waals surface area (Å²) in [5.74, 6) is 0.669. The smallest absolute Gasteiger partial charge is 0.330 e. The Bertz CT molecular complexity index is 953. The monoisotopic (exact) mass is 382 g/mol. The standard InChI is InChI=1S/C22H19ClO4/c1-3-21(24)27-20(15-9-5-4-6-10-15)14-26-22-17-12-8-7-11-16(17)19(25-2)13-18(22)23/h3-13,20H,1,14H2,2H3. The molecule has 0 aliphatic carbocycles. The SMILES string of the molecule is C=CC(=O)OC(COc1c(Cl)cc(OC)c2ccccc12)c1ccccc1. The molecular weight excluding hydrogens is 364 g/mol. The van der Waals surface area contributed by atoms with Crippen molar-refractivity contribution in [2.45, 2.75) is 6.10 Å². The van der Waals surface area contributed by atoms with Gasteiger partial charge in [-0.2, -0.15) is 0 Å². The molecule has 0 saturated heterocycles. The minimum atomic E-state index is -0.589. The third kappa shape index (κ3) is 4.23. The van der Waals surface area contributed by atoms with Gasteiger partial charge in [-0.3, -0.25) is 0 Å². The summed E-state index contributed by atoms with van der Waals surface area (Å²) >= 11 is 6.42. The van der Waals surface area contributed by atoms with Crippen LogP contribution < -0.4 is 9.47 Å². The van der Waals surface area contributed by atoms with E-state index in [4.69, 9.17) is 25.8 Å². The van der Waals surface area contributed by atoms with Gasteiger partial charge in [-0.1, -0.05) is 72.8 Å². The Labute approximate surface area is 162 Å². The van der Waals surface area contributed by atoms with Crippen LogP contribution in [0.2, 0.25) is 5.02 Å². The summed E-state index contributed by atoms with van der Waals surface area (Å²) < 4.78 is 16.9. The lowest BCUT2D eigenvalue weighted by Gasteiger charge is -2.20. The maximum atomic E-state index is 11.7. The Balaban J connectivity index is 1.92. The van der Waals surface area contributed by atoms with Gasteiger partial charge in [0.2, 0.25) is 0 Å². The zero-order valence-electron chi connectivity index (χ0n) is 14.9. The summed E-state index contributed by atoms with van der Waals surface area (Å²) in [4.78, 5) is 11.7. The highest BCUT2D eigenvalue weighted by atomic mass is 35.5. The molecule has 3 rings (SSSR count). The topological polar surface area (TPSA) is 44.8 Å². The summed E-state index contributed by atoms with van der Waals surface area (Å²) in [7, 11) is 1.60. The van der Waals surface area contributed by atoms with E-state index in [1.54, 1.807) is 13.2 Å². The summed E-state index contributed by atoms with van der Waals surface area (Å²) in [5, 5.41) is 2.13. The molecule has 0 N–H and O–H groups in total. The van der Waals surface area contributed by atoms with Gasteiger partial charge in [0.1, 0.15) is 18.1 Å². The average Bonchev–Trinajstić information content (AvgIpc) is 2.72. The third-order valence-corrected chi connectivity index (χ3v) is 4.39. The van der Waals surface area contributed by atoms with Crippen molar-refractivity contribution in [2.75, 3.05) is 13.7 Å². The third-order valence-electron chi connectivity index (χ3n) is 4.11. The van der Waals surface area contributed by atoms with Gasteiger partial charge in [0.15, 0.2) is 6.10 Å². The van der Waals surface area contributed by atoms with Crippen LogP contribution in [-0.2, 0) is 9.53 Å². The average molecular weight is 383 g/mol. The van der Waals surface area contributed by atoms with Gasteiger partial charge < -0.3 is 14.2 Å². The highest BCUT2D eigenvalue weighted by Crippen LogP contribution is 2.40. The predicted molar refractivity (Wildman–Crippen MR) is 106 cm³/mol. The zero-order valence-corrected chi connectivity index (χ0v) is 15.6. The largest absolute Gasteiger partial charge is 0.496 e. The predicted octanol–water partition coefficient (Wildman–Crippen LogP) is 5.35. The van der Waals surface area contributed by atoms with Crippen molar-refractivity contribution in [1.29, 1.82) is 0 Å². The Kier molecular flexibility index (Phi) is 5.99. The molecular formula is C22H19ClO4. The lowest BCUT2D eigenvalue weighted by atomic mass is 10.1. The molecule has 0 radical (unpaired) electrons. The molecule has 1 unspecified atom stereocenters. The number of hydrogen-bond acceptors (Lipinski definition) is 4. The van der Waals surface area contributed by atoms with Gasteiger partial charge in [-0.15, -0.1) is 0 Å². The maximum absolute atomic E-state index is 11.7.